The van der Waals surface area contributed by atoms with Crippen LogP contribution in [0.15, 0.2) is 75.7 Å². The highest BCUT2D eigenvalue weighted by Gasteiger charge is 2.35. The first kappa shape index (κ1) is 22.1. The molecule has 0 bridgehead atoms. The molecule has 4 rings (SSSR count). The minimum absolute atomic E-state index is 0.0440. The number of halogens is 1. The fourth-order valence-electron chi connectivity index (χ4n) is 3.69. The van der Waals surface area contributed by atoms with Crippen molar-refractivity contribution < 1.29 is 9.21 Å². The Labute approximate surface area is 197 Å². The molecule has 1 aromatic heterocycles. The molecule has 0 fully saturated rings. The fourth-order valence-corrected chi connectivity index (χ4v) is 4.30. The molecule has 0 radical (unpaired) electrons. The van der Waals surface area contributed by atoms with Crippen molar-refractivity contribution in [1.29, 1.82) is 5.26 Å². The van der Waals surface area contributed by atoms with E-state index in [0.717, 1.165) is 30.5 Å². The predicted molar refractivity (Wildman–Crippen MR) is 129 cm³/mol. The lowest BCUT2D eigenvalue weighted by atomic mass is 10.1. The third-order valence-corrected chi connectivity index (χ3v) is 6.15. The van der Waals surface area contributed by atoms with Crippen molar-refractivity contribution in [3.63, 3.8) is 0 Å². The Morgan fingerprint density at radius 2 is 1.91 bits per heavy atom. The largest absolute Gasteiger partial charge is 0.457 e. The van der Waals surface area contributed by atoms with E-state index in [1.165, 1.54) is 5.56 Å². The Balaban J connectivity index is 1.74. The number of nitrogens with one attached hydrogen (secondary N) is 1. The lowest BCUT2D eigenvalue weighted by Gasteiger charge is -2.36. The number of carbonyl (C=O) groups excluding carboxylic acids is 1. The van der Waals surface area contributed by atoms with Crippen molar-refractivity contribution in [2.24, 2.45) is 0 Å². The molecule has 2 aromatic carbocycles. The van der Waals surface area contributed by atoms with Crippen LogP contribution in [0.1, 0.15) is 37.3 Å². The summed E-state index contributed by atoms with van der Waals surface area (Å²) in [6, 6.07) is 21.0. The van der Waals surface area contributed by atoms with Gasteiger partial charge in [0.1, 0.15) is 23.2 Å². The fraction of sp³-hybridized carbons (Fsp3) is 0.200. The van der Waals surface area contributed by atoms with Crippen LogP contribution in [-0.4, -0.2) is 5.91 Å². The summed E-state index contributed by atoms with van der Waals surface area (Å²) in [5.74, 6) is 0.603. The summed E-state index contributed by atoms with van der Waals surface area (Å²) in [5, 5.41) is 13.2. The number of thiol groups is 1. The zero-order chi connectivity index (χ0) is 22.7. The van der Waals surface area contributed by atoms with Gasteiger partial charge in [0.25, 0.3) is 5.91 Å². The number of hydrogen-bond acceptors (Lipinski definition) is 5. The summed E-state index contributed by atoms with van der Waals surface area (Å²) in [6.07, 6.45) is 2.59. The zero-order valence-electron chi connectivity index (χ0n) is 17.5. The van der Waals surface area contributed by atoms with E-state index in [2.05, 4.69) is 37.0 Å². The van der Waals surface area contributed by atoms with E-state index in [1.54, 1.807) is 17.0 Å². The number of rotatable bonds is 6. The van der Waals surface area contributed by atoms with E-state index < -0.39 is 12.1 Å². The van der Waals surface area contributed by atoms with Crippen LogP contribution >= 0.6 is 24.2 Å². The molecule has 3 aromatic rings. The van der Waals surface area contributed by atoms with E-state index in [9.17, 15) is 10.1 Å². The Morgan fingerprint density at radius 3 is 2.59 bits per heavy atom. The first-order valence-electron chi connectivity index (χ1n) is 10.4. The monoisotopic (exact) mass is 463 g/mol. The van der Waals surface area contributed by atoms with Crippen molar-refractivity contribution >= 4 is 35.8 Å². The molecular formula is C25H22ClN3O2S. The molecule has 1 aliphatic rings. The number of amides is 1. The number of nitrogens with zero attached hydrogens (tertiary/aromatic N) is 2. The maximum absolute atomic E-state index is 12.6. The number of carbonyl (C=O) groups is 1. The van der Waals surface area contributed by atoms with Gasteiger partial charge in [-0.25, -0.2) is 0 Å². The molecule has 0 spiro atoms. The highest BCUT2D eigenvalue weighted by atomic mass is 35.5. The molecule has 0 aliphatic carbocycles. The maximum Gasteiger partial charge on any atom is 0.266 e. The highest BCUT2D eigenvalue weighted by molar-refractivity contribution is 7.84. The molecule has 0 saturated heterocycles. The Kier molecular flexibility index (Phi) is 6.59. The van der Waals surface area contributed by atoms with Gasteiger partial charge in [0.15, 0.2) is 6.17 Å². The third-order valence-electron chi connectivity index (χ3n) is 5.39. The average Bonchev–Trinajstić information content (AvgIpc) is 3.28. The van der Waals surface area contributed by atoms with Gasteiger partial charge in [0, 0.05) is 11.3 Å². The van der Waals surface area contributed by atoms with Gasteiger partial charge >= 0.3 is 0 Å². The summed E-state index contributed by atoms with van der Waals surface area (Å²) in [6.45, 7) is 2.16. The first-order chi connectivity index (χ1) is 15.5. The molecule has 1 N–H and O–H groups in total. The van der Waals surface area contributed by atoms with Gasteiger partial charge in [-0.15, -0.1) is 12.6 Å². The van der Waals surface area contributed by atoms with Crippen LogP contribution in [0.25, 0.3) is 11.3 Å². The average molecular weight is 464 g/mol. The summed E-state index contributed by atoms with van der Waals surface area (Å²) < 4.78 is 6.10. The van der Waals surface area contributed by atoms with Gasteiger partial charge in [-0.05, 0) is 54.8 Å². The number of furan rings is 1. The molecule has 2 heterocycles. The van der Waals surface area contributed by atoms with E-state index in [-0.39, 0.29) is 10.6 Å². The number of benzene rings is 2. The molecular weight excluding hydrogens is 442 g/mol. The van der Waals surface area contributed by atoms with Gasteiger partial charge in [-0.1, -0.05) is 49.2 Å². The number of aryl methyl sites for hydroxylation is 1. The van der Waals surface area contributed by atoms with Crippen LogP contribution in [-0.2, 0) is 11.2 Å². The first-order valence-corrected chi connectivity index (χ1v) is 11.2. The summed E-state index contributed by atoms with van der Waals surface area (Å²) in [4.78, 5) is 14.4. The second kappa shape index (κ2) is 9.56. The summed E-state index contributed by atoms with van der Waals surface area (Å²) >= 11 is 10.9. The Bertz CT molecular complexity index is 1210. The third kappa shape index (κ3) is 4.27. The molecule has 32 heavy (non-hydrogen) atoms. The highest BCUT2D eigenvalue weighted by Crippen LogP contribution is 2.38. The smallest absolute Gasteiger partial charge is 0.266 e. The molecule has 5 nitrogen and oxygen atoms in total. The molecule has 1 amide bonds. The zero-order valence-corrected chi connectivity index (χ0v) is 19.2. The van der Waals surface area contributed by atoms with E-state index in [4.69, 9.17) is 16.0 Å². The topological polar surface area (TPSA) is 69.3 Å². The van der Waals surface area contributed by atoms with E-state index in [0.29, 0.717) is 16.5 Å². The van der Waals surface area contributed by atoms with Crippen LogP contribution in [0.3, 0.4) is 0 Å². The summed E-state index contributed by atoms with van der Waals surface area (Å²) in [5.41, 5.74) is 2.74. The second-order valence-corrected chi connectivity index (χ2v) is 8.34. The Hall–Kier alpha value is -3.14. The van der Waals surface area contributed by atoms with Crippen LogP contribution in [0.4, 0.5) is 5.69 Å². The van der Waals surface area contributed by atoms with Crippen molar-refractivity contribution in [2.45, 2.75) is 32.4 Å². The van der Waals surface area contributed by atoms with Crippen LogP contribution in [0.2, 0.25) is 5.02 Å². The quantitative estimate of drug-likeness (QED) is 0.424. The second-order valence-electron chi connectivity index (χ2n) is 7.51. The van der Waals surface area contributed by atoms with Gasteiger partial charge in [0.05, 0.1) is 10.1 Å². The number of hydrogen-bond donors (Lipinski definition) is 2. The molecule has 1 unspecified atom stereocenters. The van der Waals surface area contributed by atoms with Gasteiger partial charge in [-0.3, -0.25) is 4.79 Å². The van der Waals surface area contributed by atoms with Crippen LogP contribution in [0.5, 0.6) is 0 Å². The normalized spacial score (nSPS) is 16.1. The molecule has 162 valence electrons. The van der Waals surface area contributed by atoms with E-state index >= 15 is 0 Å². The number of unbranched alkanes of at least 4 members (excludes halogenated alkanes) is 1. The molecule has 0 saturated carbocycles. The number of nitriles is 1. The lowest BCUT2D eigenvalue weighted by molar-refractivity contribution is -0.118. The predicted octanol–water partition coefficient (Wildman–Crippen LogP) is 6.24. The van der Waals surface area contributed by atoms with Crippen molar-refractivity contribution in [2.75, 3.05) is 4.90 Å². The minimum atomic E-state index is -0.662. The van der Waals surface area contributed by atoms with Gasteiger partial charge in [-0.2, -0.15) is 5.26 Å². The number of anilines is 1. The van der Waals surface area contributed by atoms with Gasteiger partial charge < -0.3 is 14.6 Å². The van der Waals surface area contributed by atoms with Crippen LogP contribution in [0, 0.1) is 11.3 Å². The SMILES string of the molecule is CCCCc1ccc(N2C(S)=C(C#N)C(=O)NC2c2ccc(-c3ccccc3Cl)o2)cc1. The Morgan fingerprint density at radius 1 is 1.16 bits per heavy atom. The summed E-state index contributed by atoms with van der Waals surface area (Å²) in [7, 11) is 0. The molecule has 7 heteroatoms. The maximum atomic E-state index is 12.6. The molecule has 1 aliphatic heterocycles. The van der Waals surface area contributed by atoms with Crippen molar-refractivity contribution in [1.82, 2.24) is 5.32 Å². The molecule has 1 atom stereocenters. The van der Waals surface area contributed by atoms with Gasteiger partial charge in [0.2, 0.25) is 0 Å². The standard InChI is InChI=1S/C25H22ClN3O2S/c1-2-3-6-16-9-11-17(12-10-16)29-23(28-24(30)19(15-27)25(29)32)22-14-13-21(31-22)18-7-4-5-8-20(18)26/h4-5,7-14,23,32H,2-3,6H2,1H3,(H,28,30). The van der Waals surface area contributed by atoms with E-state index in [1.807, 2.05) is 42.5 Å². The van der Waals surface area contributed by atoms with Crippen molar-refractivity contribution in [3.05, 3.63) is 87.6 Å². The minimum Gasteiger partial charge on any atom is -0.457 e. The van der Waals surface area contributed by atoms with Crippen LogP contribution < -0.4 is 10.2 Å². The van der Waals surface area contributed by atoms with Crippen molar-refractivity contribution in [3.8, 4) is 17.4 Å². The lowest BCUT2D eigenvalue weighted by Crippen LogP contribution is -2.45.